The first-order valence-electron chi connectivity index (χ1n) is 7.09. The third-order valence-electron chi connectivity index (χ3n) is 4.58. The highest BCUT2D eigenvalue weighted by Gasteiger charge is 2.34. The van der Waals surface area contributed by atoms with E-state index in [0.717, 1.165) is 37.2 Å². The van der Waals surface area contributed by atoms with Crippen LogP contribution in [0.15, 0.2) is 18.2 Å². The Hall–Kier alpha value is -1.13. The van der Waals surface area contributed by atoms with Crippen molar-refractivity contribution in [1.82, 2.24) is 0 Å². The molecular weight excluding hydrogens is 276 g/mol. The summed E-state index contributed by atoms with van der Waals surface area (Å²) in [6.07, 6.45) is 5.07. The first kappa shape index (κ1) is 15.3. The molecule has 1 aromatic rings. The Morgan fingerprint density at radius 2 is 2.10 bits per heavy atom. The molecule has 0 radical (unpaired) electrons. The van der Waals surface area contributed by atoms with Gasteiger partial charge in [0.2, 0.25) is 0 Å². The Labute approximate surface area is 124 Å². The maximum atomic E-state index is 11.2. The normalized spacial score (nSPS) is 26.4. The molecule has 2 N–H and O–H groups in total. The van der Waals surface area contributed by atoms with E-state index in [1.54, 1.807) is 12.1 Å². The van der Waals surface area contributed by atoms with Crippen LogP contribution < -0.4 is 5.73 Å². The molecule has 4 nitrogen and oxygen atoms in total. The molecule has 0 spiro atoms. The van der Waals surface area contributed by atoms with Gasteiger partial charge in [-0.15, -0.1) is 0 Å². The van der Waals surface area contributed by atoms with Crippen molar-refractivity contribution in [3.05, 3.63) is 38.9 Å². The largest absolute Gasteiger partial charge is 0.330 e. The van der Waals surface area contributed by atoms with Crippen LogP contribution in [0.25, 0.3) is 0 Å². The van der Waals surface area contributed by atoms with Crippen LogP contribution in [0.1, 0.15) is 38.2 Å². The number of nitro groups is 1. The molecule has 0 unspecified atom stereocenters. The maximum Gasteiger partial charge on any atom is 0.274 e. The maximum absolute atomic E-state index is 11.2. The first-order chi connectivity index (χ1) is 9.46. The Kier molecular flexibility index (Phi) is 4.66. The molecular formula is C15H21ClN2O2. The SMILES string of the molecule is CC1CCC(CN)(Cc2ccc(Cl)cc2[N+](=O)[O-])CC1. The van der Waals surface area contributed by atoms with Crippen LogP contribution in [0.4, 0.5) is 5.69 Å². The highest BCUT2D eigenvalue weighted by molar-refractivity contribution is 6.30. The third-order valence-corrected chi connectivity index (χ3v) is 4.81. The van der Waals surface area contributed by atoms with Crippen molar-refractivity contribution in [3.8, 4) is 0 Å². The lowest BCUT2D eigenvalue weighted by Gasteiger charge is -2.38. The Morgan fingerprint density at radius 1 is 1.45 bits per heavy atom. The zero-order chi connectivity index (χ0) is 14.8. The average molecular weight is 297 g/mol. The van der Waals surface area contributed by atoms with E-state index in [1.165, 1.54) is 6.07 Å². The summed E-state index contributed by atoms with van der Waals surface area (Å²) >= 11 is 5.86. The van der Waals surface area contributed by atoms with Crippen molar-refractivity contribution in [3.63, 3.8) is 0 Å². The van der Waals surface area contributed by atoms with Gasteiger partial charge < -0.3 is 5.73 Å². The van der Waals surface area contributed by atoms with Crippen molar-refractivity contribution < 1.29 is 4.92 Å². The summed E-state index contributed by atoms with van der Waals surface area (Å²) in [6.45, 7) is 2.84. The van der Waals surface area contributed by atoms with Gasteiger partial charge in [0.25, 0.3) is 5.69 Å². The average Bonchev–Trinajstić information content (AvgIpc) is 2.43. The van der Waals surface area contributed by atoms with Crippen molar-refractivity contribution in [1.29, 1.82) is 0 Å². The number of nitrogens with two attached hydrogens (primary N) is 1. The van der Waals surface area contributed by atoms with Crippen molar-refractivity contribution in [2.24, 2.45) is 17.1 Å². The van der Waals surface area contributed by atoms with Gasteiger partial charge in [0, 0.05) is 16.7 Å². The van der Waals surface area contributed by atoms with E-state index in [-0.39, 0.29) is 16.0 Å². The number of nitrogens with zero attached hydrogens (tertiary/aromatic N) is 1. The van der Waals surface area contributed by atoms with Gasteiger partial charge in [0.05, 0.1) is 4.92 Å². The van der Waals surface area contributed by atoms with Crippen LogP contribution in [0.2, 0.25) is 5.02 Å². The minimum Gasteiger partial charge on any atom is -0.330 e. The predicted octanol–water partition coefficient (Wildman–Crippen LogP) is 3.95. The van der Waals surface area contributed by atoms with Gasteiger partial charge in [0.15, 0.2) is 0 Å². The van der Waals surface area contributed by atoms with Gasteiger partial charge in [-0.25, -0.2) is 0 Å². The topological polar surface area (TPSA) is 69.2 Å². The minimum atomic E-state index is -0.350. The highest BCUT2D eigenvalue weighted by atomic mass is 35.5. The summed E-state index contributed by atoms with van der Waals surface area (Å²) in [5.74, 6) is 0.731. The number of benzene rings is 1. The second kappa shape index (κ2) is 6.10. The first-order valence-corrected chi connectivity index (χ1v) is 7.46. The van der Waals surface area contributed by atoms with Crippen LogP contribution in [0.3, 0.4) is 0 Å². The molecule has 0 aliphatic heterocycles. The minimum absolute atomic E-state index is 0.00506. The number of hydrogen-bond donors (Lipinski definition) is 1. The molecule has 0 aromatic heterocycles. The van der Waals surface area contributed by atoms with Crippen LogP contribution in [-0.4, -0.2) is 11.5 Å². The van der Waals surface area contributed by atoms with Crippen LogP contribution in [0, 0.1) is 21.4 Å². The van der Waals surface area contributed by atoms with Gasteiger partial charge in [0.1, 0.15) is 0 Å². The molecule has 1 aromatic carbocycles. The number of halogens is 1. The zero-order valence-electron chi connectivity index (χ0n) is 11.8. The van der Waals surface area contributed by atoms with Crippen LogP contribution in [-0.2, 0) is 6.42 Å². The second-order valence-electron chi connectivity index (χ2n) is 6.09. The van der Waals surface area contributed by atoms with Crippen molar-refractivity contribution in [2.75, 3.05) is 6.54 Å². The summed E-state index contributed by atoms with van der Waals surface area (Å²) in [5, 5.41) is 11.6. The molecule has 2 rings (SSSR count). The fourth-order valence-electron chi connectivity index (χ4n) is 3.09. The van der Waals surface area contributed by atoms with E-state index in [4.69, 9.17) is 17.3 Å². The van der Waals surface area contributed by atoms with E-state index < -0.39 is 0 Å². The lowest BCUT2D eigenvalue weighted by Crippen LogP contribution is -2.36. The molecule has 1 aliphatic rings. The predicted molar refractivity (Wildman–Crippen MR) is 80.9 cm³/mol. The van der Waals surface area contributed by atoms with E-state index in [2.05, 4.69) is 6.92 Å². The molecule has 0 heterocycles. The van der Waals surface area contributed by atoms with E-state index in [9.17, 15) is 10.1 Å². The molecule has 1 saturated carbocycles. The Balaban J connectivity index is 2.26. The van der Waals surface area contributed by atoms with Gasteiger partial charge in [-0.1, -0.05) is 37.4 Å². The standard InChI is InChI=1S/C15H21ClN2O2/c1-11-4-6-15(10-17,7-5-11)9-12-2-3-13(16)8-14(12)18(19)20/h2-3,8,11H,4-7,9-10,17H2,1H3. The van der Waals surface area contributed by atoms with Crippen molar-refractivity contribution in [2.45, 2.75) is 39.0 Å². The quantitative estimate of drug-likeness (QED) is 0.675. The Bertz CT molecular complexity index is 497. The molecule has 1 fully saturated rings. The highest BCUT2D eigenvalue weighted by Crippen LogP contribution is 2.42. The summed E-state index contributed by atoms with van der Waals surface area (Å²) in [7, 11) is 0. The van der Waals surface area contributed by atoms with Crippen LogP contribution in [0.5, 0.6) is 0 Å². The summed E-state index contributed by atoms with van der Waals surface area (Å²) in [4.78, 5) is 10.8. The summed E-state index contributed by atoms with van der Waals surface area (Å²) < 4.78 is 0. The molecule has 0 bridgehead atoms. The van der Waals surface area contributed by atoms with Gasteiger partial charge in [-0.2, -0.15) is 0 Å². The van der Waals surface area contributed by atoms with Crippen molar-refractivity contribution >= 4 is 17.3 Å². The molecule has 20 heavy (non-hydrogen) atoms. The molecule has 0 atom stereocenters. The molecule has 0 amide bonds. The number of nitro benzene ring substituents is 1. The molecule has 110 valence electrons. The van der Waals surface area contributed by atoms with E-state index in [1.807, 2.05) is 0 Å². The Morgan fingerprint density at radius 3 is 2.65 bits per heavy atom. The van der Waals surface area contributed by atoms with Gasteiger partial charge >= 0.3 is 0 Å². The fourth-order valence-corrected chi connectivity index (χ4v) is 3.25. The fraction of sp³-hybridized carbons (Fsp3) is 0.600. The summed E-state index contributed by atoms with van der Waals surface area (Å²) in [6, 6.07) is 4.93. The zero-order valence-corrected chi connectivity index (χ0v) is 12.5. The number of rotatable bonds is 4. The van der Waals surface area contributed by atoms with Gasteiger partial charge in [-0.3, -0.25) is 10.1 Å². The smallest absolute Gasteiger partial charge is 0.274 e. The van der Waals surface area contributed by atoms with Crippen LogP contribution >= 0.6 is 11.6 Å². The number of hydrogen-bond acceptors (Lipinski definition) is 3. The second-order valence-corrected chi connectivity index (χ2v) is 6.53. The van der Waals surface area contributed by atoms with E-state index >= 15 is 0 Å². The molecule has 0 saturated heterocycles. The van der Waals surface area contributed by atoms with Gasteiger partial charge in [-0.05, 0) is 43.2 Å². The lowest BCUT2D eigenvalue weighted by atomic mass is 9.67. The third kappa shape index (κ3) is 3.30. The molecule has 5 heteroatoms. The van der Waals surface area contributed by atoms with E-state index in [0.29, 0.717) is 18.0 Å². The summed E-state index contributed by atoms with van der Waals surface area (Å²) in [5.41, 5.74) is 6.86. The molecule has 1 aliphatic carbocycles. The lowest BCUT2D eigenvalue weighted by molar-refractivity contribution is -0.385. The monoisotopic (exact) mass is 296 g/mol.